The van der Waals surface area contributed by atoms with Crippen LogP contribution in [0.5, 0.6) is 11.5 Å². The van der Waals surface area contributed by atoms with Crippen LogP contribution < -0.4 is 4.74 Å². The van der Waals surface area contributed by atoms with E-state index >= 15 is 0 Å². The maximum absolute atomic E-state index is 10.7. The van der Waals surface area contributed by atoms with Crippen molar-refractivity contribution in [1.82, 2.24) is 4.90 Å². The first-order valence-corrected chi connectivity index (χ1v) is 10.7. The molecular weight excluding hydrogens is 370 g/mol. The summed E-state index contributed by atoms with van der Waals surface area (Å²) < 4.78 is 6.39. The minimum absolute atomic E-state index is 0.338. The van der Waals surface area contributed by atoms with E-state index < -0.39 is 0 Å². The molecule has 0 saturated carbocycles. The summed E-state index contributed by atoms with van der Waals surface area (Å²) in [6.45, 7) is 2.96. The molecule has 152 valence electrons. The highest BCUT2D eigenvalue weighted by molar-refractivity contribution is 5.91. The summed E-state index contributed by atoms with van der Waals surface area (Å²) in [4.78, 5) is 2.36. The fraction of sp³-hybridized carbons (Fsp3) is 0.259. The van der Waals surface area contributed by atoms with Gasteiger partial charge in [-0.2, -0.15) is 0 Å². The summed E-state index contributed by atoms with van der Waals surface area (Å²) >= 11 is 0. The van der Waals surface area contributed by atoms with E-state index in [0.29, 0.717) is 18.1 Å². The van der Waals surface area contributed by atoms with Gasteiger partial charge >= 0.3 is 0 Å². The van der Waals surface area contributed by atoms with Crippen molar-refractivity contribution in [3.8, 4) is 11.5 Å². The quantitative estimate of drug-likeness (QED) is 0.474. The van der Waals surface area contributed by atoms with Crippen molar-refractivity contribution in [2.45, 2.75) is 12.8 Å². The highest BCUT2D eigenvalue weighted by Crippen LogP contribution is 2.36. The number of aromatic hydroxyl groups is 1. The van der Waals surface area contributed by atoms with Gasteiger partial charge in [-0.05, 0) is 53.7 Å². The molecule has 1 aliphatic heterocycles. The molecule has 1 heterocycles. The van der Waals surface area contributed by atoms with Gasteiger partial charge < -0.3 is 14.7 Å². The van der Waals surface area contributed by atoms with Crippen molar-refractivity contribution in [2.24, 2.45) is 5.92 Å². The first kappa shape index (κ1) is 19.0. The zero-order valence-electron chi connectivity index (χ0n) is 17.3. The summed E-state index contributed by atoms with van der Waals surface area (Å²) in [5, 5.41) is 15.3. The molecular formula is C27H27NO2. The number of hydrogen-bond acceptors (Lipinski definition) is 3. The molecule has 1 unspecified atom stereocenters. The summed E-state index contributed by atoms with van der Waals surface area (Å²) in [6, 6.07) is 24.7. The molecule has 0 aliphatic carbocycles. The van der Waals surface area contributed by atoms with Crippen molar-refractivity contribution < 1.29 is 9.84 Å². The number of phenols is 1. The van der Waals surface area contributed by atoms with E-state index in [1.165, 1.54) is 17.2 Å². The Balaban J connectivity index is 1.56. The number of benzene rings is 4. The van der Waals surface area contributed by atoms with Crippen LogP contribution in [0.25, 0.3) is 21.5 Å². The fourth-order valence-electron chi connectivity index (χ4n) is 4.69. The van der Waals surface area contributed by atoms with E-state index in [1.807, 2.05) is 18.2 Å². The van der Waals surface area contributed by atoms with Crippen molar-refractivity contribution in [1.29, 1.82) is 0 Å². The molecule has 5 rings (SSSR count). The van der Waals surface area contributed by atoms with Crippen LogP contribution in [0.4, 0.5) is 0 Å². The van der Waals surface area contributed by atoms with E-state index in [2.05, 4.69) is 60.5 Å². The second kappa shape index (κ2) is 8.00. The number of nitrogens with zero attached hydrogens (tertiary/aromatic N) is 1. The molecule has 0 bridgehead atoms. The molecule has 1 aliphatic rings. The Bertz CT molecular complexity index is 1200. The molecule has 30 heavy (non-hydrogen) atoms. The molecule has 1 saturated heterocycles. The van der Waals surface area contributed by atoms with Crippen LogP contribution in [-0.4, -0.2) is 36.8 Å². The van der Waals surface area contributed by atoms with E-state index in [9.17, 15) is 5.11 Å². The lowest BCUT2D eigenvalue weighted by atomic mass is 9.93. The Labute approximate surface area is 177 Å². The van der Waals surface area contributed by atoms with Gasteiger partial charge in [-0.3, -0.25) is 0 Å². The minimum Gasteiger partial charge on any atom is -0.508 e. The van der Waals surface area contributed by atoms with Crippen LogP contribution in [0.3, 0.4) is 0 Å². The number of rotatable bonds is 5. The molecule has 0 aromatic heterocycles. The molecule has 0 radical (unpaired) electrons. The van der Waals surface area contributed by atoms with Gasteiger partial charge in [0.15, 0.2) is 0 Å². The maximum atomic E-state index is 10.7. The molecule has 0 amide bonds. The number of likely N-dealkylation sites (tertiary alicyclic amines) is 1. The fourth-order valence-corrected chi connectivity index (χ4v) is 4.69. The maximum Gasteiger partial charge on any atom is 0.123 e. The lowest BCUT2D eigenvalue weighted by molar-refractivity contribution is 0.247. The third-order valence-electron chi connectivity index (χ3n) is 6.33. The monoisotopic (exact) mass is 397 g/mol. The zero-order chi connectivity index (χ0) is 20.5. The summed E-state index contributed by atoms with van der Waals surface area (Å²) in [5.74, 6) is 1.83. The van der Waals surface area contributed by atoms with Gasteiger partial charge in [0.2, 0.25) is 0 Å². The lowest BCUT2D eigenvalue weighted by Gasteiger charge is -2.18. The molecule has 1 N–H and O–H groups in total. The van der Waals surface area contributed by atoms with Crippen LogP contribution >= 0.6 is 0 Å². The molecule has 4 aromatic carbocycles. The first-order chi connectivity index (χ1) is 14.7. The third kappa shape index (κ3) is 3.61. The second-order valence-corrected chi connectivity index (χ2v) is 8.45. The summed E-state index contributed by atoms with van der Waals surface area (Å²) in [5.41, 5.74) is 2.10. The van der Waals surface area contributed by atoms with Gasteiger partial charge in [0.1, 0.15) is 11.5 Å². The highest BCUT2D eigenvalue weighted by atomic mass is 16.5. The van der Waals surface area contributed by atoms with Gasteiger partial charge in [0.05, 0.1) is 6.61 Å². The Morgan fingerprint density at radius 3 is 2.23 bits per heavy atom. The Hall–Kier alpha value is -3.04. The molecule has 4 aromatic rings. The summed E-state index contributed by atoms with van der Waals surface area (Å²) in [7, 11) is 2.17. The van der Waals surface area contributed by atoms with Crippen LogP contribution in [0.2, 0.25) is 0 Å². The van der Waals surface area contributed by atoms with Crippen LogP contribution in [0, 0.1) is 5.92 Å². The van der Waals surface area contributed by atoms with Gasteiger partial charge in [-0.25, -0.2) is 0 Å². The lowest BCUT2D eigenvalue weighted by Crippen LogP contribution is -2.18. The number of hydrogen-bond donors (Lipinski definition) is 1. The smallest absolute Gasteiger partial charge is 0.123 e. The van der Waals surface area contributed by atoms with Crippen molar-refractivity contribution in [3.63, 3.8) is 0 Å². The van der Waals surface area contributed by atoms with Crippen molar-refractivity contribution >= 4 is 21.5 Å². The minimum atomic E-state index is 0.338. The second-order valence-electron chi connectivity index (χ2n) is 8.45. The van der Waals surface area contributed by atoms with E-state index in [0.717, 1.165) is 47.3 Å². The first-order valence-electron chi connectivity index (χ1n) is 10.7. The zero-order valence-corrected chi connectivity index (χ0v) is 17.3. The van der Waals surface area contributed by atoms with Crippen molar-refractivity contribution in [2.75, 3.05) is 26.7 Å². The Kier molecular flexibility index (Phi) is 5.06. The average Bonchev–Trinajstić information content (AvgIpc) is 3.20. The Morgan fingerprint density at radius 1 is 0.867 bits per heavy atom. The topological polar surface area (TPSA) is 32.7 Å². The molecule has 1 fully saturated rings. The Morgan fingerprint density at radius 2 is 1.53 bits per heavy atom. The SMILES string of the molecule is CN1CCC(COc2ccc3ccccc3c2Cc2c(O)ccc3ccccc23)C1. The van der Waals surface area contributed by atoms with Crippen molar-refractivity contribution in [3.05, 3.63) is 83.9 Å². The molecule has 1 atom stereocenters. The molecule has 0 spiro atoms. The third-order valence-corrected chi connectivity index (χ3v) is 6.33. The van der Waals surface area contributed by atoms with Crippen LogP contribution in [0.1, 0.15) is 17.5 Å². The van der Waals surface area contributed by atoms with Crippen LogP contribution in [0.15, 0.2) is 72.8 Å². The number of ether oxygens (including phenoxy) is 1. The predicted molar refractivity (Wildman–Crippen MR) is 123 cm³/mol. The predicted octanol–water partition coefficient (Wildman–Crippen LogP) is 5.62. The number of phenolic OH excluding ortho intramolecular Hbond substituents is 1. The largest absolute Gasteiger partial charge is 0.508 e. The van der Waals surface area contributed by atoms with Gasteiger partial charge in [0, 0.05) is 30.0 Å². The normalized spacial score (nSPS) is 17.0. The number of fused-ring (bicyclic) bond motifs is 2. The van der Waals surface area contributed by atoms with Gasteiger partial charge in [0.25, 0.3) is 0 Å². The van der Waals surface area contributed by atoms with Gasteiger partial charge in [-0.15, -0.1) is 0 Å². The van der Waals surface area contributed by atoms with E-state index in [4.69, 9.17) is 4.74 Å². The van der Waals surface area contributed by atoms with Crippen LogP contribution in [-0.2, 0) is 6.42 Å². The molecule has 3 heteroatoms. The highest BCUT2D eigenvalue weighted by Gasteiger charge is 2.21. The standard InChI is InChI=1S/C27H27NO2/c1-28-15-14-19(17-28)18-30-27-13-11-21-7-3-5-9-23(21)25(27)16-24-22-8-4-2-6-20(22)10-12-26(24)29/h2-13,19,29H,14-18H2,1H3. The summed E-state index contributed by atoms with van der Waals surface area (Å²) in [6.07, 6.45) is 1.82. The van der Waals surface area contributed by atoms with E-state index in [-0.39, 0.29) is 0 Å². The van der Waals surface area contributed by atoms with E-state index in [1.54, 1.807) is 6.07 Å². The average molecular weight is 398 g/mol. The van der Waals surface area contributed by atoms with Gasteiger partial charge in [-0.1, -0.05) is 60.7 Å². The molecule has 3 nitrogen and oxygen atoms in total.